The molecule has 0 spiro atoms. The molecule has 0 saturated carbocycles. The summed E-state index contributed by atoms with van der Waals surface area (Å²) in [5, 5.41) is 0. The first-order chi connectivity index (χ1) is 4.70. The first-order valence-electron chi connectivity index (χ1n) is 3.41. The zero-order chi connectivity index (χ0) is 7.56. The highest BCUT2D eigenvalue weighted by molar-refractivity contribution is 7.80. The third-order valence-electron chi connectivity index (χ3n) is 1.48. The van der Waals surface area contributed by atoms with Crippen molar-refractivity contribution in [2.45, 2.75) is 24.7 Å². The van der Waals surface area contributed by atoms with Crippen molar-refractivity contribution < 1.29 is 0 Å². The Kier molecular flexibility index (Phi) is 2.39. The highest BCUT2D eigenvalue weighted by Gasteiger charge is 1.96. The molecule has 0 N–H and O–H groups in total. The van der Waals surface area contributed by atoms with Crippen molar-refractivity contribution in [1.29, 1.82) is 0 Å². The van der Waals surface area contributed by atoms with Crippen molar-refractivity contribution in [2.24, 2.45) is 0 Å². The highest BCUT2D eigenvalue weighted by Crippen LogP contribution is 2.16. The molecular formula is C9H11S. The lowest BCUT2D eigenvalue weighted by Crippen LogP contribution is -1.85. The van der Waals surface area contributed by atoms with E-state index in [-0.39, 0.29) is 0 Å². The number of thiol groups is 1. The Labute approximate surface area is 67.7 Å². The molecular weight excluding hydrogens is 140 g/mol. The van der Waals surface area contributed by atoms with Crippen LogP contribution in [0.3, 0.4) is 0 Å². The van der Waals surface area contributed by atoms with Gasteiger partial charge in [0.15, 0.2) is 0 Å². The first kappa shape index (κ1) is 7.67. The fourth-order valence-corrected chi connectivity index (χ4v) is 1.05. The summed E-state index contributed by atoms with van der Waals surface area (Å²) in [6.45, 7) is 4.34. The molecule has 0 aliphatic heterocycles. The summed E-state index contributed by atoms with van der Waals surface area (Å²) in [5.41, 5.74) is 1.32. The molecule has 10 heavy (non-hydrogen) atoms. The van der Waals surface area contributed by atoms with E-state index in [0.717, 1.165) is 4.90 Å². The van der Waals surface area contributed by atoms with Gasteiger partial charge in [-0.1, -0.05) is 26.0 Å². The number of benzene rings is 1. The van der Waals surface area contributed by atoms with Gasteiger partial charge in [0.1, 0.15) is 0 Å². The Morgan fingerprint density at radius 2 is 2.20 bits per heavy atom. The van der Waals surface area contributed by atoms with Crippen molar-refractivity contribution in [3.8, 4) is 0 Å². The summed E-state index contributed by atoms with van der Waals surface area (Å²) in [6.07, 6.45) is 0. The molecule has 0 heterocycles. The van der Waals surface area contributed by atoms with Crippen LogP contribution in [0.25, 0.3) is 0 Å². The van der Waals surface area contributed by atoms with Crippen LogP contribution >= 0.6 is 12.6 Å². The van der Waals surface area contributed by atoms with Crippen LogP contribution in [0.1, 0.15) is 25.3 Å². The Morgan fingerprint density at radius 3 is 2.60 bits per heavy atom. The van der Waals surface area contributed by atoms with Crippen LogP contribution in [0.5, 0.6) is 0 Å². The predicted octanol–water partition coefficient (Wildman–Crippen LogP) is 2.90. The monoisotopic (exact) mass is 151 g/mol. The minimum absolute atomic E-state index is 0.584. The van der Waals surface area contributed by atoms with Gasteiger partial charge in [-0.3, -0.25) is 0 Å². The summed E-state index contributed by atoms with van der Waals surface area (Å²) in [4.78, 5) is 0.922. The van der Waals surface area contributed by atoms with Crippen molar-refractivity contribution >= 4 is 12.6 Å². The Bertz CT molecular complexity index is 216. The molecule has 1 radical (unpaired) electrons. The van der Waals surface area contributed by atoms with E-state index in [2.05, 4.69) is 38.6 Å². The van der Waals surface area contributed by atoms with Crippen LogP contribution < -0.4 is 0 Å². The van der Waals surface area contributed by atoms with Crippen LogP contribution in [0.2, 0.25) is 0 Å². The van der Waals surface area contributed by atoms with Crippen LogP contribution in [-0.4, -0.2) is 0 Å². The van der Waals surface area contributed by atoms with Gasteiger partial charge in [-0.2, -0.15) is 0 Å². The van der Waals surface area contributed by atoms with Crippen LogP contribution in [-0.2, 0) is 0 Å². The summed E-state index contributed by atoms with van der Waals surface area (Å²) < 4.78 is 0. The number of rotatable bonds is 1. The van der Waals surface area contributed by atoms with Gasteiger partial charge >= 0.3 is 0 Å². The van der Waals surface area contributed by atoms with Gasteiger partial charge in [-0.05, 0) is 23.6 Å². The predicted molar refractivity (Wildman–Crippen MR) is 46.6 cm³/mol. The van der Waals surface area contributed by atoms with Gasteiger partial charge in [-0.15, -0.1) is 12.6 Å². The molecule has 0 bridgehead atoms. The number of hydrogen-bond donors (Lipinski definition) is 1. The molecule has 0 amide bonds. The maximum Gasteiger partial charge on any atom is 0.0122 e. The van der Waals surface area contributed by atoms with E-state index < -0.39 is 0 Å². The average molecular weight is 151 g/mol. The molecule has 0 saturated heterocycles. The van der Waals surface area contributed by atoms with Crippen molar-refractivity contribution in [2.75, 3.05) is 0 Å². The lowest BCUT2D eigenvalue weighted by molar-refractivity contribution is 0.862. The van der Waals surface area contributed by atoms with Gasteiger partial charge in [0.2, 0.25) is 0 Å². The quantitative estimate of drug-likeness (QED) is 0.586. The lowest BCUT2D eigenvalue weighted by atomic mass is 10.0. The summed E-state index contributed by atoms with van der Waals surface area (Å²) >= 11 is 4.19. The lowest BCUT2D eigenvalue weighted by Gasteiger charge is -2.03. The fraction of sp³-hybridized carbons (Fsp3) is 0.333. The highest BCUT2D eigenvalue weighted by atomic mass is 32.1. The summed E-state index contributed by atoms with van der Waals surface area (Å²) in [6, 6.07) is 9.03. The minimum Gasteiger partial charge on any atom is -0.143 e. The third kappa shape index (κ3) is 1.77. The molecule has 0 aromatic heterocycles. The second-order valence-corrected chi connectivity index (χ2v) is 3.14. The largest absolute Gasteiger partial charge is 0.143 e. The third-order valence-corrected chi connectivity index (χ3v) is 1.74. The second-order valence-electron chi connectivity index (χ2n) is 2.66. The molecule has 1 heteroatoms. The van der Waals surface area contributed by atoms with Gasteiger partial charge in [0.05, 0.1) is 0 Å². The fourth-order valence-electron chi connectivity index (χ4n) is 0.830. The standard InChI is InChI=1S/C9H11S/c1-7(2)8-4-3-5-9(10)6-8/h3-4,6-7,10H,1-2H3. The SMILES string of the molecule is CC(C)c1cc[c]c(S)c1. The van der Waals surface area contributed by atoms with Gasteiger partial charge in [-0.25, -0.2) is 0 Å². The molecule has 1 rings (SSSR count). The van der Waals surface area contributed by atoms with Crippen molar-refractivity contribution in [3.63, 3.8) is 0 Å². The zero-order valence-electron chi connectivity index (χ0n) is 6.26. The zero-order valence-corrected chi connectivity index (χ0v) is 7.15. The molecule has 1 aromatic carbocycles. The minimum atomic E-state index is 0.584. The van der Waals surface area contributed by atoms with Crippen LogP contribution in [0, 0.1) is 6.07 Å². The smallest absolute Gasteiger partial charge is 0.0122 e. The topological polar surface area (TPSA) is 0 Å². The Balaban J connectivity index is 2.96. The van der Waals surface area contributed by atoms with Crippen LogP contribution in [0.4, 0.5) is 0 Å². The molecule has 1 aromatic rings. The molecule has 0 atom stereocenters. The Hall–Kier alpha value is -0.430. The van der Waals surface area contributed by atoms with Gasteiger partial charge in [0.25, 0.3) is 0 Å². The van der Waals surface area contributed by atoms with Crippen molar-refractivity contribution in [1.82, 2.24) is 0 Å². The van der Waals surface area contributed by atoms with E-state index in [1.165, 1.54) is 5.56 Å². The van der Waals surface area contributed by atoms with Crippen molar-refractivity contribution in [3.05, 3.63) is 29.8 Å². The molecule has 0 fully saturated rings. The Morgan fingerprint density at radius 1 is 1.50 bits per heavy atom. The average Bonchev–Trinajstić information content (AvgIpc) is 1.88. The molecule has 0 aliphatic rings. The molecule has 0 nitrogen and oxygen atoms in total. The van der Waals surface area contributed by atoms with Gasteiger partial charge < -0.3 is 0 Å². The molecule has 53 valence electrons. The summed E-state index contributed by atoms with van der Waals surface area (Å²) in [5.74, 6) is 0.584. The van der Waals surface area contributed by atoms with E-state index in [9.17, 15) is 0 Å². The first-order valence-corrected chi connectivity index (χ1v) is 3.85. The van der Waals surface area contributed by atoms with Gasteiger partial charge in [0, 0.05) is 4.90 Å². The van der Waals surface area contributed by atoms with E-state index in [4.69, 9.17) is 0 Å². The molecule has 0 aliphatic carbocycles. The second kappa shape index (κ2) is 3.11. The van der Waals surface area contributed by atoms with E-state index >= 15 is 0 Å². The van der Waals surface area contributed by atoms with E-state index in [1.807, 2.05) is 12.1 Å². The maximum atomic E-state index is 4.19. The maximum absolute atomic E-state index is 4.19. The number of hydrogen-bond acceptors (Lipinski definition) is 1. The van der Waals surface area contributed by atoms with E-state index in [0.29, 0.717) is 5.92 Å². The van der Waals surface area contributed by atoms with Crippen LogP contribution in [0.15, 0.2) is 23.1 Å². The normalized spacial score (nSPS) is 10.4. The summed E-state index contributed by atoms with van der Waals surface area (Å²) in [7, 11) is 0. The van der Waals surface area contributed by atoms with E-state index in [1.54, 1.807) is 0 Å². The molecule has 0 unspecified atom stereocenters.